The molecule has 0 radical (unpaired) electrons. The van der Waals surface area contributed by atoms with Crippen molar-refractivity contribution >= 4 is 6.09 Å². The average Bonchev–Trinajstić information content (AvgIpc) is 2.20. The summed E-state index contributed by atoms with van der Waals surface area (Å²) in [6.45, 7) is 7.92. The lowest BCUT2D eigenvalue weighted by atomic mass is 10.1. The van der Waals surface area contributed by atoms with Gasteiger partial charge in [-0.25, -0.2) is 4.79 Å². The van der Waals surface area contributed by atoms with Gasteiger partial charge in [-0.15, -0.1) is 0 Å². The fraction of sp³-hybridized carbons (Fsp3) is 0.909. The molecule has 0 N–H and O–H groups in total. The Hall–Kier alpha value is -1.42. The highest BCUT2D eigenvalue weighted by molar-refractivity contribution is 5.68. The topological polar surface area (TPSA) is 78.3 Å². The van der Waals surface area contributed by atoms with Crippen molar-refractivity contribution in [3.63, 3.8) is 0 Å². The molecule has 1 atom stereocenters. The number of carbonyl (C=O) groups is 1. The molecule has 0 unspecified atom stereocenters. The highest BCUT2D eigenvalue weighted by atomic mass is 16.6. The zero-order valence-electron chi connectivity index (χ0n) is 11.3. The first-order chi connectivity index (χ1) is 7.78. The molecule has 0 fully saturated rings. The third-order valence-electron chi connectivity index (χ3n) is 2.29. The predicted molar refractivity (Wildman–Crippen MR) is 66.7 cm³/mol. The molecule has 0 rings (SSSR count). The summed E-state index contributed by atoms with van der Waals surface area (Å²) < 4.78 is 5.25. The minimum Gasteiger partial charge on any atom is -0.444 e. The van der Waals surface area contributed by atoms with Gasteiger partial charge in [-0.2, -0.15) is 0 Å². The van der Waals surface area contributed by atoms with Gasteiger partial charge < -0.3 is 9.64 Å². The molecule has 98 valence electrons. The van der Waals surface area contributed by atoms with Gasteiger partial charge in [-0.1, -0.05) is 5.11 Å². The van der Waals surface area contributed by atoms with E-state index in [1.54, 1.807) is 11.9 Å². The number of ether oxygens (including phenoxy) is 1. The van der Waals surface area contributed by atoms with E-state index < -0.39 is 5.60 Å². The van der Waals surface area contributed by atoms with Crippen LogP contribution in [0.4, 0.5) is 4.79 Å². The Morgan fingerprint density at radius 3 is 2.59 bits per heavy atom. The zero-order chi connectivity index (χ0) is 13.5. The first-order valence-electron chi connectivity index (χ1n) is 5.74. The second kappa shape index (κ2) is 7.01. The van der Waals surface area contributed by atoms with Crippen LogP contribution in [0, 0.1) is 0 Å². The Morgan fingerprint density at radius 2 is 2.12 bits per heavy atom. The van der Waals surface area contributed by atoms with Crippen molar-refractivity contribution in [2.75, 3.05) is 13.6 Å². The van der Waals surface area contributed by atoms with Gasteiger partial charge in [0.25, 0.3) is 0 Å². The molecule has 0 aliphatic rings. The van der Waals surface area contributed by atoms with Crippen LogP contribution < -0.4 is 0 Å². The Morgan fingerprint density at radius 1 is 1.53 bits per heavy atom. The lowest BCUT2D eigenvalue weighted by Gasteiger charge is -2.28. The van der Waals surface area contributed by atoms with Gasteiger partial charge in [-0.05, 0) is 46.1 Å². The maximum Gasteiger partial charge on any atom is 0.410 e. The van der Waals surface area contributed by atoms with E-state index in [1.807, 2.05) is 27.7 Å². The molecule has 0 aliphatic carbocycles. The fourth-order valence-electron chi connectivity index (χ4n) is 1.21. The van der Waals surface area contributed by atoms with E-state index in [2.05, 4.69) is 10.0 Å². The predicted octanol–water partition coefficient (Wildman–Crippen LogP) is 3.33. The summed E-state index contributed by atoms with van der Waals surface area (Å²) in [5.74, 6) is 0. The van der Waals surface area contributed by atoms with Crippen molar-refractivity contribution in [2.45, 2.75) is 52.2 Å². The largest absolute Gasteiger partial charge is 0.444 e. The molecule has 17 heavy (non-hydrogen) atoms. The highest BCUT2D eigenvalue weighted by Gasteiger charge is 2.22. The molecule has 0 heterocycles. The molecular weight excluding hydrogens is 220 g/mol. The Bertz CT molecular complexity index is 292. The lowest BCUT2D eigenvalue weighted by molar-refractivity contribution is 0.0228. The molecule has 6 nitrogen and oxygen atoms in total. The number of hydrogen-bond donors (Lipinski definition) is 0. The Balaban J connectivity index is 4.07. The monoisotopic (exact) mass is 242 g/mol. The van der Waals surface area contributed by atoms with E-state index in [9.17, 15) is 4.79 Å². The molecular formula is C11H22N4O2. The van der Waals surface area contributed by atoms with E-state index in [1.165, 1.54) is 0 Å². The van der Waals surface area contributed by atoms with Crippen LogP contribution in [0.2, 0.25) is 0 Å². The van der Waals surface area contributed by atoms with E-state index in [0.29, 0.717) is 6.54 Å². The molecule has 0 aromatic heterocycles. The first-order valence-corrected chi connectivity index (χ1v) is 5.74. The van der Waals surface area contributed by atoms with Gasteiger partial charge in [0.1, 0.15) is 5.60 Å². The summed E-state index contributed by atoms with van der Waals surface area (Å²) in [5, 5.41) is 3.45. The number of nitrogens with zero attached hydrogens (tertiary/aromatic N) is 4. The van der Waals surface area contributed by atoms with Gasteiger partial charge in [0.15, 0.2) is 0 Å². The normalized spacial score (nSPS) is 12.5. The van der Waals surface area contributed by atoms with Gasteiger partial charge in [0.05, 0.1) is 0 Å². The van der Waals surface area contributed by atoms with E-state index in [-0.39, 0.29) is 12.1 Å². The number of azide groups is 1. The molecule has 0 saturated heterocycles. The van der Waals surface area contributed by atoms with Crippen LogP contribution in [0.25, 0.3) is 10.4 Å². The Kier molecular flexibility index (Phi) is 6.43. The van der Waals surface area contributed by atoms with Crippen LogP contribution >= 0.6 is 0 Å². The van der Waals surface area contributed by atoms with E-state index in [0.717, 1.165) is 12.8 Å². The highest BCUT2D eigenvalue weighted by Crippen LogP contribution is 2.12. The lowest BCUT2D eigenvalue weighted by Crippen LogP contribution is -2.39. The van der Waals surface area contributed by atoms with E-state index in [4.69, 9.17) is 10.3 Å². The van der Waals surface area contributed by atoms with Crippen LogP contribution in [0.3, 0.4) is 0 Å². The van der Waals surface area contributed by atoms with Crippen LogP contribution in [-0.4, -0.2) is 36.2 Å². The summed E-state index contributed by atoms with van der Waals surface area (Å²) in [5.41, 5.74) is 7.65. The van der Waals surface area contributed by atoms with Crippen molar-refractivity contribution in [3.05, 3.63) is 10.4 Å². The molecule has 0 aliphatic heterocycles. The maximum atomic E-state index is 11.7. The maximum absolute atomic E-state index is 11.7. The molecule has 0 aromatic rings. The minimum atomic E-state index is -0.476. The first kappa shape index (κ1) is 15.6. The number of amides is 1. The molecule has 6 heteroatoms. The van der Waals surface area contributed by atoms with Crippen molar-refractivity contribution in [2.24, 2.45) is 5.11 Å². The molecule has 1 amide bonds. The summed E-state index contributed by atoms with van der Waals surface area (Å²) >= 11 is 0. The van der Waals surface area contributed by atoms with Crippen molar-refractivity contribution in [3.8, 4) is 0 Å². The van der Waals surface area contributed by atoms with Crippen molar-refractivity contribution in [1.29, 1.82) is 0 Å². The standard InChI is InChI=1S/C11H22N4O2/c1-9(7-6-8-13-14-12)15(5)10(16)17-11(2,3)4/h9H,6-8H2,1-5H3/t9-/m0/s1. The second-order valence-electron chi connectivity index (χ2n) is 5.04. The zero-order valence-corrected chi connectivity index (χ0v) is 11.3. The molecule has 0 aromatic carbocycles. The van der Waals surface area contributed by atoms with Crippen LogP contribution in [-0.2, 0) is 4.74 Å². The van der Waals surface area contributed by atoms with Gasteiger partial charge in [0.2, 0.25) is 0 Å². The van der Waals surface area contributed by atoms with Crippen LogP contribution in [0.15, 0.2) is 5.11 Å². The minimum absolute atomic E-state index is 0.0683. The summed E-state index contributed by atoms with van der Waals surface area (Å²) in [4.78, 5) is 16.0. The van der Waals surface area contributed by atoms with Crippen LogP contribution in [0.1, 0.15) is 40.5 Å². The number of hydrogen-bond acceptors (Lipinski definition) is 3. The average molecular weight is 242 g/mol. The third kappa shape index (κ3) is 7.47. The van der Waals surface area contributed by atoms with Crippen molar-refractivity contribution in [1.82, 2.24) is 4.90 Å². The summed E-state index contributed by atoms with van der Waals surface area (Å²) in [6.07, 6.45) is 1.22. The smallest absolute Gasteiger partial charge is 0.410 e. The Labute approximate surface area is 103 Å². The van der Waals surface area contributed by atoms with Crippen LogP contribution in [0.5, 0.6) is 0 Å². The molecule has 0 spiro atoms. The van der Waals surface area contributed by atoms with Gasteiger partial charge in [0, 0.05) is 24.5 Å². The van der Waals surface area contributed by atoms with Gasteiger partial charge >= 0.3 is 6.09 Å². The summed E-state index contributed by atoms with van der Waals surface area (Å²) in [7, 11) is 1.71. The SMILES string of the molecule is C[C@@H](CCCN=[N+]=[N-])N(C)C(=O)OC(C)(C)C. The second-order valence-corrected chi connectivity index (χ2v) is 5.04. The third-order valence-corrected chi connectivity index (χ3v) is 2.29. The van der Waals surface area contributed by atoms with Gasteiger partial charge in [-0.3, -0.25) is 0 Å². The quantitative estimate of drug-likeness (QED) is 0.321. The van der Waals surface area contributed by atoms with E-state index >= 15 is 0 Å². The number of carbonyl (C=O) groups excluding carboxylic acids is 1. The fourth-order valence-corrected chi connectivity index (χ4v) is 1.21. The van der Waals surface area contributed by atoms with Crippen molar-refractivity contribution < 1.29 is 9.53 Å². The summed E-state index contributed by atoms with van der Waals surface area (Å²) in [6, 6.07) is 0.0683. The molecule has 0 saturated carbocycles. The number of rotatable bonds is 5. The molecule has 0 bridgehead atoms.